The van der Waals surface area contributed by atoms with Crippen LogP contribution in [-0.2, 0) is 0 Å². The molecule has 1 aliphatic rings. The number of hydrogen-bond donors (Lipinski definition) is 6. The first-order valence-corrected chi connectivity index (χ1v) is 6.39. The van der Waals surface area contributed by atoms with Gasteiger partial charge >= 0.3 is 0 Å². The minimum atomic E-state index is 0.217. The molecule has 0 fully saturated rings. The molecule has 0 unspecified atom stereocenters. The van der Waals surface area contributed by atoms with Crippen LogP contribution in [-0.4, -0.2) is 12.1 Å². The van der Waals surface area contributed by atoms with E-state index in [9.17, 15) is 0 Å². The summed E-state index contributed by atoms with van der Waals surface area (Å²) in [5, 5.41) is 18.1. The minimum absolute atomic E-state index is 0.217. The zero-order valence-electron chi connectivity index (χ0n) is 10.6. The lowest BCUT2D eigenvalue weighted by atomic mass is 10.2. The van der Waals surface area contributed by atoms with Gasteiger partial charge in [0, 0.05) is 23.0 Å². The highest BCUT2D eigenvalue weighted by molar-refractivity contribution is 7.84. The van der Waals surface area contributed by atoms with E-state index in [0.717, 1.165) is 16.9 Å². The van der Waals surface area contributed by atoms with Gasteiger partial charge in [-0.05, 0) is 35.9 Å². The summed E-state index contributed by atoms with van der Waals surface area (Å²) in [6, 6.07) is 7.31. The normalized spacial score (nSPS) is 13.8. The number of allylic oxidation sites excluding steroid dienone is 2. The van der Waals surface area contributed by atoms with Crippen LogP contribution in [0.3, 0.4) is 0 Å². The van der Waals surface area contributed by atoms with Crippen LogP contribution in [0.5, 0.6) is 0 Å². The molecule has 0 spiro atoms. The first-order chi connectivity index (χ1) is 9.69. The van der Waals surface area contributed by atoms with Gasteiger partial charge in [-0.15, -0.1) is 12.6 Å². The van der Waals surface area contributed by atoms with Crippen molar-refractivity contribution in [2.45, 2.75) is 0 Å². The van der Waals surface area contributed by atoms with Crippen molar-refractivity contribution in [1.82, 2.24) is 10.9 Å². The fraction of sp³-hybridized carbons (Fsp3) is 0. The maximum absolute atomic E-state index is 7.92. The molecule has 0 aromatic heterocycles. The summed E-state index contributed by atoms with van der Waals surface area (Å²) in [4.78, 5) is 0.641. The molecule has 1 heterocycles. The second kappa shape index (κ2) is 6.63. The van der Waals surface area contributed by atoms with Gasteiger partial charge in [-0.25, -0.2) is 0 Å². The van der Waals surface area contributed by atoms with Crippen LogP contribution in [0, 0.1) is 10.8 Å². The van der Waals surface area contributed by atoms with Crippen LogP contribution in [0.2, 0.25) is 0 Å². The lowest BCUT2D eigenvalue weighted by Crippen LogP contribution is -2.28. The Morgan fingerprint density at radius 1 is 1.35 bits per heavy atom. The molecule has 0 saturated heterocycles. The summed E-state index contributed by atoms with van der Waals surface area (Å²) >= 11 is 4.36. The van der Waals surface area contributed by atoms with E-state index in [1.54, 1.807) is 18.3 Å². The molecule has 5 N–H and O–H groups in total. The van der Waals surface area contributed by atoms with Gasteiger partial charge in [0.25, 0.3) is 0 Å². The number of nitrogens with one attached hydrogen (secondary N) is 5. The van der Waals surface area contributed by atoms with Crippen molar-refractivity contribution in [3.8, 4) is 0 Å². The smallest absolute Gasteiger partial charge is 0.123 e. The van der Waals surface area contributed by atoms with Gasteiger partial charge in [0.05, 0.1) is 5.70 Å². The molecule has 1 aromatic carbocycles. The molecule has 0 radical (unpaired) electrons. The highest BCUT2D eigenvalue weighted by Crippen LogP contribution is 2.14. The van der Waals surface area contributed by atoms with Gasteiger partial charge in [-0.1, -0.05) is 12.1 Å². The molecule has 0 saturated carbocycles. The van der Waals surface area contributed by atoms with Crippen LogP contribution in [0.25, 0.3) is 0 Å². The monoisotopic (exact) mass is 285 g/mol. The topological polar surface area (TPSA) is 83.8 Å². The Bertz CT molecular complexity index is 616. The van der Waals surface area contributed by atoms with Crippen molar-refractivity contribution in [1.29, 1.82) is 10.8 Å². The lowest BCUT2D eigenvalue weighted by Gasteiger charge is -2.13. The van der Waals surface area contributed by atoms with Gasteiger partial charge in [-0.2, -0.15) is 0 Å². The summed E-state index contributed by atoms with van der Waals surface area (Å²) < 4.78 is 0. The van der Waals surface area contributed by atoms with Crippen LogP contribution in [0.1, 0.15) is 5.56 Å². The van der Waals surface area contributed by atoms with Crippen molar-refractivity contribution in [3.63, 3.8) is 0 Å². The van der Waals surface area contributed by atoms with Crippen LogP contribution in [0.15, 0.2) is 59.3 Å². The molecule has 20 heavy (non-hydrogen) atoms. The summed E-state index contributed by atoms with van der Waals surface area (Å²) in [6.07, 6.45) is 8.35. The molecule has 2 rings (SSSR count). The van der Waals surface area contributed by atoms with E-state index in [0.29, 0.717) is 4.91 Å². The lowest BCUT2D eigenvalue weighted by molar-refractivity contribution is 0.734. The van der Waals surface area contributed by atoms with E-state index in [-0.39, 0.29) is 5.84 Å². The zero-order valence-corrected chi connectivity index (χ0v) is 11.5. The minimum Gasteiger partial charge on any atom is -0.341 e. The Morgan fingerprint density at radius 3 is 2.90 bits per heavy atom. The third kappa shape index (κ3) is 3.76. The maximum atomic E-state index is 7.92. The van der Waals surface area contributed by atoms with Crippen molar-refractivity contribution in [3.05, 3.63) is 64.9 Å². The van der Waals surface area contributed by atoms with E-state index < -0.39 is 0 Å². The SMILES string of the molecule is N=Cc1cccc(NC(=N)/C=C(\S)C2=CC=CNN2)c1. The highest BCUT2D eigenvalue weighted by Gasteiger charge is 2.03. The van der Waals surface area contributed by atoms with E-state index in [4.69, 9.17) is 10.8 Å². The zero-order chi connectivity index (χ0) is 14.4. The van der Waals surface area contributed by atoms with Gasteiger partial charge < -0.3 is 21.6 Å². The number of rotatable bonds is 4. The molecule has 0 amide bonds. The van der Waals surface area contributed by atoms with Crippen LogP contribution < -0.4 is 16.2 Å². The third-order valence-electron chi connectivity index (χ3n) is 2.54. The standard InChI is InChI=1S/C14H15N5S/c15-9-10-3-1-4-11(7-10)18-14(16)8-13(20)12-5-2-6-17-19-12/h1-9,15,17,19-20H,(H2,16,18)/b13-8-,15-9?. The second-order valence-electron chi connectivity index (χ2n) is 4.05. The Labute approximate surface area is 122 Å². The summed E-state index contributed by atoms with van der Waals surface area (Å²) in [5.41, 5.74) is 8.11. The Kier molecular flexibility index (Phi) is 4.62. The predicted molar refractivity (Wildman–Crippen MR) is 86.2 cm³/mol. The molecule has 1 aliphatic heterocycles. The van der Waals surface area contributed by atoms with E-state index in [1.165, 1.54) is 6.21 Å². The molecule has 0 atom stereocenters. The quantitative estimate of drug-likeness (QED) is 0.292. The van der Waals surface area contributed by atoms with Gasteiger partial charge in [0.1, 0.15) is 5.84 Å². The van der Waals surface area contributed by atoms with Crippen LogP contribution in [0.4, 0.5) is 5.69 Å². The number of amidine groups is 1. The average Bonchev–Trinajstić information content (AvgIpc) is 2.48. The fourth-order valence-corrected chi connectivity index (χ4v) is 1.87. The molecule has 1 aromatic rings. The molecule has 5 nitrogen and oxygen atoms in total. The highest BCUT2D eigenvalue weighted by atomic mass is 32.1. The molecular formula is C14H15N5S. The van der Waals surface area contributed by atoms with E-state index in [2.05, 4.69) is 28.8 Å². The summed E-state index contributed by atoms with van der Waals surface area (Å²) in [6.45, 7) is 0. The largest absolute Gasteiger partial charge is 0.341 e. The molecule has 0 bridgehead atoms. The van der Waals surface area contributed by atoms with Crippen molar-refractivity contribution in [2.24, 2.45) is 0 Å². The molecule has 0 aliphatic carbocycles. The third-order valence-corrected chi connectivity index (χ3v) is 2.91. The first kappa shape index (κ1) is 14.0. The Morgan fingerprint density at radius 2 is 2.20 bits per heavy atom. The Balaban J connectivity index is 2.06. The van der Waals surface area contributed by atoms with Crippen molar-refractivity contribution in [2.75, 3.05) is 5.32 Å². The Hall–Kier alpha value is -2.47. The predicted octanol–water partition coefficient (Wildman–Crippen LogP) is 2.39. The number of thiol groups is 1. The molecular weight excluding hydrogens is 270 g/mol. The number of anilines is 1. The van der Waals surface area contributed by atoms with Gasteiger partial charge in [0.15, 0.2) is 0 Å². The maximum Gasteiger partial charge on any atom is 0.123 e. The first-order valence-electron chi connectivity index (χ1n) is 5.94. The van der Waals surface area contributed by atoms with Gasteiger partial charge in [0.2, 0.25) is 0 Å². The second-order valence-corrected chi connectivity index (χ2v) is 4.53. The molecule has 102 valence electrons. The van der Waals surface area contributed by atoms with E-state index >= 15 is 0 Å². The van der Waals surface area contributed by atoms with Crippen molar-refractivity contribution < 1.29 is 0 Å². The van der Waals surface area contributed by atoms with Crippen molar-refractivity contribution >= 4 is 30.4 Å². The van der Waals surface area contributed by atoms with Gasteiger partial charge in [-0.3, -0.25) is 5.41 Å². The van der Waals surface area contributed by atoms with E-state index in [1.807, 2.05) is 30.4 Å². The fourth-order valence-electron chi connectivity index (χ4n) is 1.62. The number of hydrazine groups is 1. The summed E-state index contributed by atoms with van der Waals surface area (Å²) in [7, 11) is 0. The van der Waals surface area contributed by atoms with Crippen LogP contribution >= 0.6 is 12.6 Å². The number of hydrogen-bond acceptors (Lipinski definition) is 5. The average molecular weight is 285 g/mol. The summed E-state index contributed by atoms with van der Waals surface area (Å²) in [5.74, 6) is 0.217. The number of benzene rings is 1. The molecule has 6 heteroatoms.